The number of aliphatic hydroxyl groups excluding tert-OH is 2. The molecule has 0 aromatic carbocycles. The molecule has 0 unspecified atom stereocenters. The van der Waals surface area contributed by atoms with E-state index in [0.717, 1.165) is 57.5 Å². The minimum absolute atomic E-state index is 0.0794. The molecule has 6 aliphatic rings. The molecule has 0 aromatic heterocycles. The number of fused-ring (bicyclic) bond motifs is 5. The van der Waals surface area contributed by atoms with Gasteiger partial charge in [0.05, 0.1) is 12.2 Å². The third kappa shape index (κ3) is 4.48. The van der Waals surface area contributed by atoms with Gasteiger partial charge in [0.2, 0.25) is 11.8 Å². The van der Waals surface area contributed by atoms with Crippen molar-refractivity contribution in [3.05, 3.63) is 0 Å². The number of hydrogen-bond donors (Lipinski definition) is 2. The van der Waals surface area contributed by atoms with Gasteiger partial charge in [0.1, 0.15) is 6.04 Å². The smallest absolute Gasteiger partial charge is 0.245 e. The Hall–Kier alpha value is -1.18. The molecule has 2 saturated heterocycles. The second kappa shape index (κ2) is 10.3. The summed E-state index contributed by atoms with van der Waals surface area (Å²) in [5.41, 5.74) is 0.353. The first-order valence-electron chi connectivity index (χ1n) is 16.2. The van der Waals surface area contributed by atoms with Crippen LogP contribution in [0.25, 0.3) is 0 Å². The number of rotatable bonds is 3. The molecule has 0 spiro atoms. The van der Waals surface area contributed by atoms with Gasteiger partial charge in [0, 0.05) is 44.7 Å². The van der Waals surface area contributed by atoms with E-state index in [9.17, 15) is 19.8 Å². The first kappa shape index (κ1) is 28.0. The standard InChI is InChI=1S/C32H53N3O4/c1-20(2)29(38)35-13-5-6-25(35)30(39)34-16-14-33(15-17-34)26-19-32(4)21(18-27(26)36)7-8-22-23-9-10-28(37)31(23,3)12-11-24(22)32/h20-28,36-37H,5-19H2,1-4H3/t21-,22-,23-,24-,25-,26-,27-,28-,31-,32-/m0/s1. The molecule has 7 heteroatoms. The lowest BCUT2D eigenvalue weighted by Gasteiger charge is -2.62. The third-order valence-corrected chi connectivity index (χ3v) is 13.0. The molecule has 0 aromatic rings. The van der Waals surface area contributed by atoms with Gasteiger partial charge in [-0.25, -0.2) is 0 Å². The maximum atomic E-state index is 13.5. The summed E-state index contributed by atoms with van der Waals surface area (Å²) in [4.78, 5) is 32.4. The summed E-state index contributed by atoms with van der Waals surface area (Å²) in [5, 5.41) is 22.2. The minimum Gasteiger partial charge on any atom is -0.393 e. The average Bonchev–Trinajstić information content (AvgIpc) is 3.52. The number of nitrogens with zero attached hydrogens (tertiary/aromatic N) is 3. The Kier molecular flexibility index (Phi) is 7.36. The maximum Gasteiger partial charge on any atom is 0.245 e. The molecular weight excluding hydrogens is 490 g/mol. The van der Waals surface area contributed by atoms with Gasteiger partial charge in [-0.1, -0.05) is 27.7 Å². The quantitative estimate of drug-likeness (QED) is 0.569. The minimum atomic E-state index is -0.295. The van der Waals surface area contributed by atoms with Crippen LogP contribution in [-0.4, -0.2) is 93.7 Å². The number of piperazine rings is 1. The highest BCUT2D eigenvalue weighted by Gasteiger charge is 2.61. The van der Waals surface area contributed by atoms with Gasteiger partial charge in [-0.3, -0.25) is 14.5 Å². The molecule has 7 nitrogen and oxygen atoms in total. The molecule has 2 N–H and O–H groups in total. The lowest BCUT2D eigenvalue weighted by molar-refractivity contribution is -0.158. The van der Waals surface area contributed by atoms with Crippen molar-refractivity contribution in [3.63, 3.8) is 0 Å². The van der Waals surface area contributed by atoms with Crippen molar-refractivity contribution in [3.8, 4) is 0 Å². The van der Waals surface area contributed by atoms with Crippen LogP contribution >= 0.6 is 0 Å². The topological polar surface area (TPSA) is 84.3 Å². The van der Waals surface area contributed by atoms with Crippen LogP contribution in [0.15, 0.2) is 0 Å². The predicted molar refractivity (Wildman–Crippen MR) is 151 cm³/mol. The largest absolute Gasteiger partial charge is 0.393 e. The SMILES string of the molecule is CC(C)C(=O)N1CCC[C@H]1C(=O)N1CCN([C@H]2C[C@@]3(C)[C@@H](CC[C@@H]4[C@@H]3CC[C@]3(C)[C@@H](O)CC[C@@H]43)C[C@@H]2O)CC1. The molecule has 4 aliphatic carbocycles. The highest BCUT2D eigenvalue weighted by Crippen LogP contribution is 2.66. The van der Waals surface area contributed by atoms with E-state index in [0.29, 0.717) is 37.4 Å². The van der Waals surface area contributed by atoms with E-state index in [2.05, 4.69) is 18.7 Å². The summed E-state index contributed by atoms with van der Waals surface area (Å²) >= 11 is 0. The van der Waals surface area contributed by atoms with Crippen LogP contribution in [0.4, 0.5) is 0 Å². The number of hydrogen-bond acceptors (Lipinski definition) is 5. The van der Waals surface area contributed by atoms with Gasteiger partial charge in [0.25, 0.3) is 0 Å². The normalized spacial score (nSPS) is 46.6. The highest BCUT2D eigenvalue weighted by atomic mass is 16.3. The molecule has 220 valence electrons. The Morgan fingerprint density at radius 2 is 1.56 bits per heavy atom. The summed E-state index contributed by atoms with van der Waals surface area (Å²) in [6, 6.07) is -0.133. The van der Waals surface area contributed by atoms with Gasteiger partial charge in [-0.2, -0.15) is 0 Å². The molecule has 10 atom stereocenters. The molecule has 2 aliphatic heterocycles. The summed E-state index contributed by atoms with van der Waals surface area (Å²) in [6.45, 7) is 12.4. The number of likely N-dealkylation sites (tertiary alicyclic amines) is 1. The lowest BCUT2D eigenvalue weighted by Crippen LogP contribution is -2.63. The van der Waals surface area contributed by atoms with Crippen LogP contribution in [-0.2, 0) is 9.59 Å². The Morgan fingerprint density at radius 1 is 0.846 bits per heavy atom. The van der Waals surface area contributed by atoms with Crippen LogP contribution < -0.4 is 0 Å². The second-order valence-electron chi connectivity index (χ2n) is 15.1. The molecule has 6 fully saturated rings. The molecule has 2 amide bonds. The van der Waals surface area contributed by atoms with E-state index in [1.165, 1.54) is 25.7 Å². The van der Waals surface area contributed by atoms with Crippen molar-refractivity contribution in [1.82, 2.24) is 14.7 Å². The van der Waals surface area contributed by atoms with Gasteiger partial charge in [-0.05, 0) is 98.7 Å². The van der Waals surface area contributed by atoms with Gasteiger partial charge >= 0.3 is 0 Å². The number of carbonyl (C=O) groups is 2. The fourth-order valence-electron chi connectivity index (χ4n) is 10.7. The van der Waals surface area contributed by atoms with Crippen molar-refractivity contribution >= 4 is 11.8 Å². The Labute approximate surface area is 235 Å². The van der Waals surface area contributed by atoms with Crippen LogP contribution in [0, 0.1) is 40.4 Å². The van der Waals surface area contributed by atoms with Crippen LogP contribution in [0.2, 0.25) is 0 Å². The Bertz CT molecular complexity index is 950. The molecule has 6 rings (SSSR count). The van der Waals surface area contributed by atoms with E-state index in [4.69, 9.17) is 0 Å². The molecule has 0 radical (unpaired) electrons. The van der Waals surface area contributed by atoms with Crippen molar-refractivity contribution < 1.29 is 19.8 Å². The van der Waals surface area contributed by atoms with E-state index in [1.807, 2.05) is 23.6 Å². The van der Waals surface area contributed by atoms with Crippen molar-refractivity contribution in [1.29, 1.82) is 0 Å². The van der Waals surface area contributed by atoms with Crippen molar-refractivity contribution in [2.45, 2.75) is 116 Å². The highest BCUT2D eigenvalue weighted by molar-refractivity contribution is 5.89. The monoisotopic (exact) mass is 543 g/mol. The van der Waals surface area contributed by atoms with Gasteiger partial charge in [-0.15, -0.1) is 0 Å². The Morgan fingerprint density at radius 3 is 2.28 bits per heavy atom. The molecule has 2 heterocycles. The fraction of sp³-hybridized carbons (Fsp3) is 0.938. The predicted octanol–water partition coefficient (Wildman–Crippen LogP) is 3.52. The zero-order chi connectivity index (χ0) is 27.7. The van der Waals surface area contributed by atoms with E-state index >= 15 is 0 Å². The summed E-state index contributed by atoms with van der Waals surface area (Å²) < 4.78 is 0. The molecule has 39 heavy (non-hydrogen) atoms. The summed E-state index contributed by atoms with van der Waals surface area (Å²) in [5.74, 6) is 2.80. The molecular formula is C32H53N3O4. The van der Waals surface area contributed by atoms with Crippen LogP contribution in [0.3, 0.4) is 0 Å². The summed E-state index contributed by atoms with van der Waals surface area (Å²) in [7, 11) is 0. The first-order valence-corrected chi connectivity index (χ1v) is 16.2. The van der Waals surface area contributed by atoms with E-state index < -0.39 is 0 Å². The maximum absolute atomic E-state index is 13.5. The average molecular weight is 544 g/mol. The van der Waals surface area contributed by atoms with Gasteiger partial charge in [0.15, 0.2) is 0 Å². The van der Waals surface area contributed by atoms with Gasteiger partial charge < -0.3 is 20.0 Å². The summed E-state index contributed by atoms with van der Waals surface area (Å²) in [6.07, 6.45) is 10.2. The Balaban J connectivity index is 1.11. The molecule has 0 bridgehead atoms. The zero-order valence-electron chi connectivity index (χ0n) is 24.9. The second-order valence-corrected chi connectivity index (χ2v) is 15.1. The van der Waals surface area contributed by atoms with E-state index in [1.54, 1.807) is 0 Å². The van der Waals surface area contributed by atoms with Crippen molar-refractivity contribution in [2.75, 3.05) is 32.7 Å². The first-order chi connectivity index (χ1) is 18.5. The zero-order valence-corrected chi connectivity index (χ0v) is 24.9. The number of carbonyl (C=O) groups excluding carboxylic acids is 2. The van der Waals surface area contributed by atoms with Crippen molar-refractivity contribution in [2.24, 2.45) is 40.4 Å². The number of aliphatic hydroxyl groups is 2. The van der Waals surface area contributed by atoms with Crippen LogP contribution in [0.5, 0.6) is 0 Å². The number of amides is 2. The molecule has 4 saturated carbocycles. The lowest BCUT2D eigenvalue weighted by atomic mass is 9.44. The van der Waals surface area contributed by atoms with E-state index in [-0.39, 0.29) is 52.9 Å². The fourth-order valence-corrected chi connectivity index (χ4v) is 10.7. The van der Waals surface area contributed by atoms with Crippen LogP contribution in [0.1, 0.15) is 91.9 Å². The third-order valence-electron chi connectivity index (χ3n) is 13.0.